The van der Waals surface area contributed by atoms with Crippen LogP contribution in [-0.4, -0.2) is 25.7 Å². The van der Waals surface area contributed by atoms with Crippen LogP contribution in [0.3, 0.4) is 0 Å². The molecule has 17 heavy (non-hydrogen) atoms. The number of nitrogens with one attached hydrogen (secondary N) is 1. The van der Waals surface area contributed by atoms with Gasteiger partial charge in [0.25, 0.3) is 5.91 Å². The van der Waals surface area contributed by atoms with Gasteiger partial charge in [0.15, 0.2) is 0 Å². The summed E-state index contributed by atoms with van der Waals surface area (Å²) in [5, 5.41) is 3.51. The normalized spacial score (nSPS) is 17.4. The van der Waals surface area contributed by atoms with Crippen LogP contribution in [0, 0.1) is 12.3 Å². The summed E-state index contributed by atoms with van der Waals surface area (Å²) in [7, 11) is 0. The Hall–Kier alpha value is -1.06. The maximum absolute atomic E-state index is 12.0. The van der Waals surface area contributed by atoms with E-state index in [9.17, 15) is 4.79 Å². The van der Waals surface area contributed by atoms with Crippen molar-refractivity contribution in [2.75, 3.05) is 19.8 Å². The molecule has 92 valence electrons. The number of aryl methyl sites for hydroxylation is 1. The van der Waals surface area contributed by atoms with Crippen LogP contribution in [-0.2, 0) is 4.74 Å². The summed E-state index contributed by atoms with van der Waals surface area (Å²) in [4.78, 5) is 12.0. The van der Waals surface area contributed by atoms with Crippen LogP contribution in [0.4, 0.5) is 0 Å². The van der Waals surface area contributed by atoms with E-state index in [2.05, 4.69) is 12.2 Å². The van der Waals surface area contributed by atoms with Gasteiger partial charge in [-0.2, -0.15) is 0 Å². The van der Waals surface area contributed by atoms with Crippen LogP contribution in [0.2, 0.25) is 5.02 Å². The second-order valence-electron chi connectivity index (χ2n) is 4.95. The third-order valence-corrected chi connectivity index (χ3v) is 3.26. The van der Waals surface area contributed by atoms with Gasteiger partial charge in [0.2, 0.25) is 0 Å². The molecule has 1 N–H and O–H groups in total. The summed E-state index contributed by atoms with van der Waals surface area (Å²) in [5.41, 5.74) is 1.66. The lowest BCUT2D eigenvalue weighted by Crippen LogP contribution is -2.48. The second-order valence-corrected chi connectivity index (χ2v) is 5.38. The highest BCUT2D eigenvalue weighted by molar-refractivity contribution is 6.31. The van der Waals surface area contributed by atoms with Crippen molar-refractivity contribution in [2.24, 2.45) is 5.41 Å². The Morgan fingerprint density at radius 2 is 2.24 bits per heavy atom. The number of carbonyl (C=O) groups is 1. The molecule has 0 saturated carbocycles. The molecule has 0 atom stereocenters. The van der Waals surface area contributed by atoms with E-state index in [4.69, 9.17) is 16.3 Å². The monoisotopic (exact) mass is 253 g/mol. The van der Waals surface area contributed by atoms with Gasteiger partial charge >= 0.3 is 0 Å². The van der Waals surface area contributed by atoms with Crippen molar-refractivity contribution in [1.29, 1.82) is 0 Å². The molecule has 1 aromatic rings. The quantitative estimate of drug-likeness (QED) is 0.899. The van der Waals surface area contributed by atoms with Gasteiger partial charge < -0.3 is 10.1 Å². The summed E-state index contributed by atoms with van der Waals surface area (Å²) in [5.74, 6) is -0.0712. The van der Waals surface area contributed by atoms with Crippen LogP contribution >= 0.6 is 11.6 Å². The third kappa shape index (κ3) is 2.79. The topological polar surface area (TPSA) is 38.3 Å². The molecule has 0 aliphatic carbocycles. The molecule has 1 heterocycles. The number of benzene rings is 1. The molecule has 2 rings (SSSR count). The van der Waals surface area contributed by atoms with Crippen molar-refractivity contribution in [2.45, 2.75) is 13.8 Å². The van der Waals surface area contributed by atoms with E-state index in [1.54, 1.807) is 12.1 Å². The van der Waals surface area contributed by atoms with E-state index < -0.39 is 0 Å². The molecule has 1 aliphatic heterocycles. The van der Waals surface area contributed by atoms with Crippen molar-refractivity contribution in [1.82, 2.24) is 5.32 Å². The Kier molecular flexibility index (Phi) is 3.40. The van der Waals surface area contributed by atoms with Crippen molar-refractivity contribution < 1.29 is 9.53 Å². The number of rotatable bonds is 3. The highest BCUT2D eigenvalue weighted by atomic mass is 35.5. The first-order valence-corrected chi connectivity index (χ1v) is 6.00. The fourth-order valence-corrected chi connectivity index (χ4v) is 1.95. The van der Waals surface area contributed by atoms with Gasteiger partial charge in [-0.25, -0.2) is 0 Å². The van der Waals surface area contributed by atoms with Crippen LogP contribution < -0.4 is 5.32 Å². The zero-order chi connectivity index (χ0) is 12.5. The van der Waals surface area contributed by atoms with Gasteiger partial charge in [0, 0.05) is 22.5 Å². The van der Waals surface area contributed by atoms with Crippen molar-refractivity contribution in [3.05, 3.63) is 34.3 Å². The minimum absolute atomic E-state index is 0.0712. The predicted molar refractivity (Wildman–Crippen MR) is 67.4 cm³/mol. The smallest absolute Gasteiger partial charge is 0.251 e. The van der Waals surface area contributed by atoms with E-state index >= 15 is 0 Å². The maximum Gasteiger partial charge on any atom is 0.251 e. The Morgan fingerprint density at radius 1 is 1.53 bits per heavy atom. The van der Waals surface area contributed by atoms with Crippen LogP contribution in [0.15, 0.2) is 18.2 Å². The highest BCUT2D eigenvalue weighted by Crippen LogP contribution is 2.25. The highest BCUT2D eigenvalue weighted by Gasteiger charge is 2.33. The summed E-state index contributed by atoms with van der Waals surface area (Å²) < 4.78 is 5.15. The molecule has 1 amide bonds. The lowest BCUT2D eigenvalue weighted by molar-refractivity contribution is -0.0978. The molecule has 0 radical (unpaired) electrons. The number of hydrogen-bond donors (Lipinski definition) is 1. The first-order valence-electron chi connectivity index (χ1n) is 5.62. The standard InChI is InChI=1S/C13H16ClNO2/c1-9-3-4-10(14)5-11(9)12(16)15-6-13(2)7-17-8-13/h3-5H,6-8H2,1-2H3,(H,15,16). The number of amides is 1. The van der Waals surface area contributed by atoms with E-state index in [1.165, 1.54) is 0 Å². The van der Waals surface area contributed by atoms with E-state index in [-0.39, 0.29) is 11.3 Å². The fourth-order valence-electron chi connectivity index (χ4n) is 1.78. The first-order chi connectivity index (χ1) is 8.00. The first kappa shape index (κ1) is 12.4. The summed E-state index contributed by atoms with van der Waals surface area (Å²) >= 11 is 5.89. The lowest BCUT2D eigenvalue weighted by Gasteiger charge is -2.38. The molecule has 1 saturated heterocycles. The number of carbonyl (C=O) groups excluding carboxylic acids is 1. The summed E-state index contributed by atoms with van der Waals surface area (Å²) in [6, 6.07) is 5.34. The van der Waals surface area contributed by atoms with Crippen LogP contribution in [0.25, 0.3) is 0 Å². The van der Waals surface area contributed by atoms with E-state index in [1.807, 2.05) is 13.0 Å². The molecular formula is C13H16ClNO2. The number of halogens is 1. The average molecular weight is 254 g/mol. The third-order valence-electron chi connectivity index (χ3n) is 3.02. The van der Waals surface area contributed by atoms with Crippen LogP contribution in [0.5, 0.6) is 0 Å². The maximum atomic E-state index is 12.0. The molecule has 0 aromatic heterocycles. The van der Waals surface area contributed by atoms with E-state index in [0.717, 1.165) is 5.56 Å². The second kappa shape index (κ2) is 4.67. The van der Waals surface area contributed by atoms with Crippen molar-refractivity contribution in [3.8, 4) is 0 Å². The summed E-state index contributed by atoms with van der Waals surface area (Å²) in [6.07, 6.45) is 0. The predicted octanol–water partition coefficient (Wildman–Crippen LogP) is 2.41. The molecule has 0 bridgehead atoms. The Morgan fingerprint density at radius 3 is 2.82 bits per heavy atom. The Balaban J connectivity index is 2.01. The van der Waals surface area contributed by atoms with Gasteiger partial charge in [-0.05, 0) is 24.6 Å². The largest absolute Gasteiger partial charge is 0.380 e. The molecule has 1 fully saturated rings. The molecule has 0 spiro atoms. The molecule has 1 aliphatic rings. The summed E-state index contributed by atoms with van der Waals surface area (Å²) in [6.45, 7) is 6.06. The molecule has 3 nitrogen and oxygen atoms in total. The fraction of sp³-hybridized carbons (Fsp3) is 0.462. The Labute approximate surface area is 106 Å². The van der Waals surface area contributed by atoms with E-state index in [0.29, 0.717) is 30.3 Å². The Bertz CT molecular complexity index is 441. The zero-order valence-corrected chi connectivity index (χ0v) is 10.8. The SMILES string of the molecule is Cc1ccc(Cl)cc1C(=O)NCC1(C)COC1. The lowest BCUT2D eigenvalue weighted by atomic mass is 9.88. The van der Waals surface area contributed by atoms with Gasteiger partial charge in [-0.15, -0.1) is 0 Å². The molecule has 0 unspecified atom stereocenters. The minimum Gasteiger partial charge on any atom is -0.380 e. The van der Waals surface area contributed by atoms with Gasteiger partial charge in [0.1, 0.15) is 0 Å². The van der Waals surface area contributed by atoms with Gasteiger partial charge in [-0.3, -0.25) is 4.79 Å². The zero-order valence-electron chi connectivity index (χ0n) is 10.0. The van der Waals surface area contributed by atoms with Crippen molar-refractivity contribution in [3.63, 3.8) is 0 Å². The molecule has 4 heteroatoms. The van der Waals surface area contributed by atoms with Gasteiger partial charge in [0.05, 0.1) is 13.2 Å². The molecular weight excluding hydrogens is 238 g/mol. The number of hydrogen-bond acceptors (Lipinski definition) is 2. The van der Waals surface area contributed by atoms with Crippen molar-refractivity contribution >= 4 is 17.5 Å². The van der Waals surface area contributed by atoms with Gasteiger partial charge in [-0.1, -0.05) is 24.6 Å². The van der Waals surface area contributed by atoms with Crippen LogP contribution in [0.1, 0.15) is 22.8 Å². The number of ether oxygens (including phenoxy) is 1. The minimum atomic E-state index is -0.0712. The average Bonchev–Trinajstić information content (AvgIpc) is 2.26. The molecule has 1 aromatic carbocycles.